The molecule has 12 heavy (non-hydrogen) atoms. The molecule has 0 aromatic carbocycles. The van der Waals surface area contributed by atoms with Crippen molar-refractivity contribution < 1.29 is 4.43 Å². The van der Waals surface area contributed by atoms with Crippen molar-refractivity contribution in [2.24, 2.45) is 5.92 Å². The zero-order valence-electron chi connectivity index (χ0n) is 9.48. The number of hydrogen-bond donors (Lipinski definition) is 0. The summed E-state index contributed by atoms with van der Waals surface area (Å²) in [6, 6.07) is 1.30. The maximum atomic E-state index is 5.66. The van der Waals surface area contributed by atoms with Crippen LogP contribution < -0.4 is 0 Å². The first kappa shape index (κ1) is 12.2. The summed E-state index contributed by atoms with van der Waals surface area (Å²) in [4.78, 5) is 0. The minimum absolute atomic E-state index is 0.457. The van der Waals surface area contributed by atoms with Crippen LogP contribution in [0.1, 0.15) is 41.0 Å². The molecule has 0 aliphatic carbocycles. The third-order valence-electron chi connectivity index (χ3n) is 2.75. The first-order valence-electron chi connectivity index (χ1n) is 4.96. The summed E-state index contributed by atoms with van der Waals surface area (Å²) in [5, 5.41) is 0.457. The van der Waals surface area contributed by atoms with Gasteiger partial charge in [0.15, 0.2) is 9.04 Å². The molecule has 0 amide bonds. The molecule has 74 valence electrons. The van der Waals surface area contributed by atoms with Gasteiger partial charge in [-0.15, -0.1) is 0 Å². The van der Waals surface area contributed by atoms with Crippen molar-refractivity contribution in [3.05, 3.63) is 0 Å². The largest absolute Gasteiger partial charge is 0.423 e. The minimum Gasteiger partial charge on any atom is -0.423 e. The van der Waals surface area contributed by atoms with E-state index in [-0.39, 0.29) is 0 Å². The van der Waals surface area contributed by atoms with Gasteiger partial charge in [-0.1, -0.05) is 41.0 Å². The van der Waals surface area contributed by atoms with E-state index in [0.29, 0.717) is 5.04 Å². The zero-order chi connectivity index (χ0) is 9.78. The minimum atomic E-state index is -0.980. The van der Waals surface area contributed by atoms with E-state index in [1.165, 1.54) is 12.5 Å². The van der Waals surface area contributed by atoms with Crippen LogP contribution >= 0.6 is 0 Å². The topological polar surface area (TPSA) is 9.23 Å². The molecule has 0 aromatic heterocycles. The van der Waals surface area contributed by atoms with Gasteiger partial charge in [0.1, 0.15) is 0 Å². The lowest BCUT2D eigenvalue weighted by atomic mass is 10.1. The van der Waals surface area contributed by atoms with E-state index in [1.807, 2.05) is 7.11 Å². The van der Waals surface area contributed by atoms with Crippen molar-refractivity contribution in [3.63, 3.8) is 0 Å². The molecule has 0 saturated carbocycles. The molecule has 0 N–H and O–H groups in total. The van der Waals surface area contributed by atoms with Crippen molar-refractivity contribution in [3.8, 4) is 0 Å². The highest BCUT2D eigenvalue weighted by Gasteiger charge is 2.30. The van der Waals surface area contributed by atoms with Crippen LogP contribution in [-0.2, 0) is 4.43 Å². The van der Waals surface area contributed by atoms with Crippen LogP contribution in [0.5, 0.6) is 0 Å². The van der Waals surface area contributed by atoms with Gasteiger partial charge in [0, 0.05) is 7.11 Å². The Morgan fingerprint density at radius 1 is 1.33 bits per heavy atom. The van der Waals surface area contributed by atoms with Gasteiger partial charge in [-0.05, 0) is 17.0 Å². The molecule has 0 radical (unpaired) electrons. The molecule has 0 heterocycles. The Bertz CT molecular complexity index is 121. The summed E-state index contributed by atoms with van der Waals surface area (Å²) in [5.74, 6) is 0.785. The lowest BCUT2D eigenvalue weighted by Crippen LogP contribution is -2.31. The summed E-state index contributed by atoms with van der Waals surface area (Å²) in [6.07, 6.45) is 1.24. The van der Waals surface area contributed by atoms with E-state index < -0.39 is 9.04 Å². The number of hydrogen-bond acceptors (Lipinski definition) is 1. The summed E-state index contributed by atoms with van der Waals surface area (Å²) in [6.45, 7) is 11.5. The van der Waals surface area contributed by atoms with Gasteiger partial charge in [-0.3, -0.25) is 0 Å². The van der Waals surface area contributed by atoms with E-state index in [1.54, 1.807) is 0 Å². The first-order valence-corrected chi connectivity index (χ1v) is 6.83. The molecule has 0 rings (SSSR count). The summed E-state index contributed by atoms with van der Waals surface area (Å²) >= 11 is 0. The van der Waals surface area contributed by atoms with Crippen LogP contribution in [0, 0.1) is 5.92 Å². The standard InChI is InChI=1S/C10H24OSi/c1-7-10(4,5)12(11-6)8-9(2)3/h9,12H,7-8H2,1-6H3. The molecule has 1 atom stereocenters. The molecule has 0 aromatic rings. The normalized spacial score (nSPS) is 15.2. The predicted molar refractivity (Wildman–Crippen MR) is 58.1 cm³/mol. The maximum Gasteiger partial charge on any atom is 0.182 e. The van der Waals surface area contributed by atoms with Gasteiger partial charge >= 0.3 is 0 Å². The second kappa shape index (κ2) is 5.03. The molecule has 1 nitrogen and oxygen atoms in total. The fourth-order valence-electron chi connectivity index (χ4n) is 1.39. The van der Waals surface area contributed by atoms with Crippen molar-refractivity contribution >= 4 is 9.04 Å². The second-order valence-corrected chi connectivity index (χ2v) is 8.18. The van der Waals surface area contributed by atoms with Gasteiger partial charge in [0.2, 0.25) is 0 Å². The van der Waals surface area contributed by atoms with Crippen molar-refractivity contribution in [2.45, 2.75) is 52.1 Å². The van der Waals surface area contributed by atoms with Gasteiger partial charge in [0.05, 0.1) is 0 Å². The van der Waals surface area contributed by atoms with Crippen LogP contribution in [0.15, 0.2) is 0 Å². The Kier molecular flexibility index (Phi) is 5.10. The lowest BCUT2D eigenvalue weighted by Gasteiger charge is -2.31. The smallest absolute Gasteiger partial charge is 0.182 e. The molecule has 0 fully saturated rings. The SMILES string of the molecule is CCC(C)(C)[SiH](CC(C)C)OC. The highest BCUT2D eigenvalue weighted by molar-refractivity contribution is 6.55. The van der Waals surface area contributed by atoms with Gasteiger partial charge in [-0.2, -0.15) is 0 Å². The van der Waals surface area contributed by atoms with Crippen LogP contribution in [0.25, 0.3) is 0 Å². The van der Waals surface area contributed by atoms with Crippen molar-refractivity contribution in [1.29, 1.82) is 0 Å². The molecule has 0 aliphatic rings. The van der Waals surface area contributed by atoms with Crippen LogP contribution in [-0.4, -0.2) is 16.2 Å². The Morgan fingerprint density at radius 2 is 1.83 bits per heavy atom. The van der Waals surface area contributed by atoms with Crippen molar-refractivity contribution in [1.82, 2.24) is 0 Å². The Labute approximate surface area is 79.2 Å². The predicted octanol–water partition coefficient (Wildman–Crippen LogP) is 3.20. The molecule has 0 bridgehead atoms. The third kappa shape index (κ3) is 3.72. The molecular formula is C10H24OSi. The fourth-order valence-corrected chi connectivity index (χ4v) is 4.17. The Morgan fingerprint density at radius 3 is 2.08 bits per heavy atom. The number of rotatable bonds is 5. The third-order valence-corrected chi connectivity index (χ3v) is 6.84. The Balaban J connectivity index is 4.13. The average Bonchev–Trinajstić information content (AvgIpc) is 1.99. The average molecular weight is 188 g/mol. The van der Waals surface area contributed by atoms with E-state index in [2.05, 4.69) is 34.6 Å². The Hall–Kier alpha value is 0.177. The quantitative estimate of drug-likeness (QED) is 0.602. The van der Waals surface area contributed by atoms with Crippen LogP contribution in [0.4, 0.5) is 0 Å². The summed E-state index contributed by atoms with van der Waals surface area (Å²) < 4.78 is 5.66. The molecule has 0 saturated heterocycles. The fraction of sp³-hybridized carbons (Fsp3) is 1.00. The van der Waals surface area contributed by atoms with Crippen LogP contribution in [0.3, 0.4) is 0 Å². The molecule has 0 spiro atoms. The zero-order valence-corrected chi connectivity index (χ0v) is 10.6. The summed E-state index contributed by atoms with van der Waals surface area (Å²) in [7, 11) is 0.906. The monoisotopic (exact) mass is 188 g/mol. The highest BCUT2D eigenvalue weighted by atomic mass is 28.3. The first-order chi connectivity index (χ1) is 5.44. The summed E-state index contributed by atoms with van der Waals surface area (Å²) in [5.41, 5.74) is 0. The highest BCUT2D eigenvalue weighted by Crippen LogP contribution is 2.35. The molecule has 1 unspecified atom stereocenters. The lowest BCUT2D eigenvalue weighted by molar-refractivity contribution is 0.372. The van der Waals surface area contributed by atoms with E-state index in [4.69, 9.17) is 4.43 Å². The van der Waals surface area contributed by atoms with Gasteiger partial charge in [-0.25, -0.2) is 0 Å². The second-order valence-electron chi connectivity index (χ2n) is 4.70. The van der Waals surface area contributed by atoms with E-state index in [0.717, 1.165) is 5.92 Å². The maximum absolute atomic E-state index is 5.66. The molecule has 2 heteroatoms. The van der Waals surface area contributed by atoms with E-state index >= 15 is 0 Å². The van der Waals surface area contributed by atoms with Crippen molar-refractivity contribution in [2.75, 3.05) is 7.11 Å². The molecular weight excluding hydrogens is 164 g/mol. The van der Waals surface area contributed by atoms with Gasteiger partial charge < -0.3 is 4.43 Å². The van der Waals surface area contributed by atoms with E-state index in [9.17, 15) is 0 Å². The molecule has 0 aliphatic heterocycles. The van der Waals surface area contributed by atoms with Gasteiger partial charge in [0.25, 0.3) is 0 Å². The van der Waals surface area contributed by atoms with Crippen LogP contribution in [0.2, 0.25) is 11.1 Å².